The highest BCUT2D eigenvalue weighted by atomic mass is 79.9. The molecule has 0 heterocycles. The zero-order chi connectivity index (χ0) is 19.8. The monoisotopic (exact) mass is 430 g/mol. The third-order valence-electron chi connectivity index (χ3n) is 3.81. The van der Waals surface area contributed by atoms with Crippen molar-refractivity contribution in [3.05, 3.63) is 69.7 Å². The van der Waals surface area contributed by atoms with Crippen molar-refractivity contribution in [2.75, 3.05) is 6.61 Å². The molecule has 27 heavy (non-hydrogen) atoms. The van der Waals surface area contributed by atoms with Gasteiger partial charge in [0.2, 0.25) is 0 Å². The number of rotatable bonds is 6. The number of halogens is 1. The maximum atomic E-state index is 11.8. The Labute approximate surface area is 167 Å². The fourth-order valence-corrected chi connectivity index (χ4v) is 2.71. The summed E-state index contributed by atoms with van der Waals surface area (Å²) in [5.41, 5.74) is 7.86. The predicted octanol–water partition coefficient (Wildman–Crippen LogP) is 4.12. The van der Waals surface area contributed by atoms with Crippen LogP contribution in [0.25, 0.3) is 6.08 Å². The molecule has 6 heteroatoms. The van der Waals surface area contributed by atoms with E-state index in [9.17, 15) is 9.59 Å². The van der Waals surface area contributed by atoms with Gasteiger partial charge in [0, 0.05) is 6.08 Å². The second kappa shape index (κ2) is 9.92. The maximum absolute atomic E-state index is 11.8. The van der Waals surface area contributed by atoms with Gasteiger partial charge in [-0.3, -0.25) is 20.4 Å². The minimum atomic E-state index is -0.452. The third-order valence-corrected chi connectivity index (χ3v) is 4.43. The lowest BCUT2D eigenvalue weighted by molar-refractivity contribution is -0.128. The van der Waals surface area contributed by atoms with Gasteiger partial charge in [-0.25, -0.2) is 0 Å². The molecule has 2 N–H and O–H groups in total. The van der Waals surface area contributed by atoms with Crippen LogP contribution >= 0.6 is 15.9 Å². The Morgan fingerprint density at radius 1 is 1.11 bits per heavy atom. The predicted molar refractivity (Wildman–Crippen MR) is 110 cm³/mol. The molecule has 0 aliphatic heterocycles. The van der Waals surface area contributed by atoms with Gasteiger partial charge in [-0.15, -0.1) is 0 Å². The highest BCUT2D eigenvalue weighted by Gasteiger charge is 2.08. The van der Waals surface area contributed by atoms with Crippen molar-refractivity contribution in [1.82, 2.24) is 10.9 Å². The molecule has 142 valence electrons. The minimum absolute atomic E-state index is 0.207. The van der Waals surface area contributed by atoms with E-state index in [1.807, 2.05) is 49.4 Å². The molecule has 2 aromatic carbocycles. The van der Waals surface area contributed by atoms with Gasteiger partial charge < -0.3 is 4.74 Å². The fourth-order valence-electron chi connectivity index (χ4n) is 2.20. The van der Waals surface area contributed by atoms with E-state index in [1.54, 1.807) is 6.08 Å². The van der Waals surface area contributed by atoms with Crippen molar-refractivity contribution in [3.8, 4) is 5.75 Å². The quantitative estimate of drug-likeness (QED) is 0.534. The van der Waals surface area contributed by atoms with Crippen molar-refractivity contribution in [2.45, 2.75) is 26.7 Å². The van der Waals surface area contributed by atoms with E-state index in [2.05, 4.69) is 40.6 Å². The molecule has 5 nitrogen and oxygen atoms in total. The van der Waals surface area contributed by atoms with Crippen molar-refractivity contribution < 1.29 is 14.3 Å². The van der Waals surface area contributed by atoms with E-state index < -0.39 is 11.8 Å². The van der Waals surface area contributed by atoms with E-state index in [1.165, 1.54) is 11.6 Å². The van der Waals surface area contributed by atoms with Crippen LogP contribution in [0.2, 0.25) is 0 Å². The molecular weight excluding hydrogens is 408 g/mol. The first-order valence-electron chi connectivity index (χ1n) is 8.61. The van der Waals surface area contributed by atoms with Gasteiger partial charge in [-0.1, -0.05) is 49.7 Å². The number of hydrazine groups is 1. The smallest absolute Gasteiger partial charge is 0.276 e. The molecule has 2 amide bonds. The number of hydrogen-bond acceptors (Lipinski definition) is 3. The van der Waals surface area contributed by atoms with Crippen LogP contribution in [0.5, 0.6) is 5.75 Å². The van der Waals surface area contributed by atoms with Crippen molar-refractivity contribution in [2.24, 2.45) is 0 Å². The average Bonchev–Trinajstić information content (AvgIpc) is 2.64. The molecule has 0 spiro atoms. The van der Waals surface area contributed by atoms with Gasteiger partial charge in [0.1, 0.15) is 5.75 Å². The van der Waals surface area contributed by atoms with Crippen molar-refractivity contribution in [1.29, 1.82) is 0 Å². The molecule has 0 aromatic heterocycles. The molecule has 0 saturated carbocycles. The number of carbonyl (C=O) groups excluding carboxylic acids is 2. The molecule has 0 radical (unpaired) electrons. The number of benzene rings is 2. The van der Waals surface area contributed by atoms with E-state index in [4.69, 9.17) is 4.74 Å². The Hall–Kier alpha value is -2.60. The summed E-state index contributed by atoms with van der Waals surface area (Å²) in [5, 5.41) is 0. The highest BCUT2D eigenvalue weighted by Crippen LogP contribution is 2.28. The van der Waals surface area contributed by atoms with Crippen molar-refractivity contribution >= 4 is 33.8 Å². The third kappa shape index (κ3) is 6.90. The first-order valence-corrected chi connectivity index (χ1v) is 9.40. The van der Waals surface area contributed by atoms with Crippen LogP contribution in [0.15, 0.2) is 53.0 Å². The SMILES string of the molecule is Cc1ccc(/C=C/C(=O)NNC(=O)COc2ccc(C(C)C)cc2Br)cc1. The van der Waals surface area contributed by atoms with Crippen LogP contribution in [-0.2, 0) is 9.59 Å². The minimum Gasteiger partial charge on any atom is -0.483 e. The van der Waals surface area contributed by atoms with Crippen LogP contribution < -0.4 is 15.6 Å². The Morgan fingerprint density at radius 3 is 2.44 bits per heavy atom. The Morgan fingerprint density at radius 2 is 1.81 bits per heavy atom. The Balaban J connectivity index is 1.77. The summed E-state index contributed by atoms with van der Waals surface area (Å²) >= 11 is 3.44. The normalized spacial score (nSPS) is 10.9. The lowest BCUT2D eigenvalue weighted by Crippen LogP contribution is -2.43. The molecule has 0 unspecified atom stereocenters. The molecule has 2 rings (SSSR count). The topological polar surface area (TPSA) is 67.4 Å². The molecule has 0 fully saturated rings. The Kier molecular flexibility index (Phi) is 7.61. The standard InChI is InChI=1S/C21H23BrN2O3/c1-14(2)17-9-10-19(18(22)12-17)27-13-21(26)24-23-20(25)11-8-16-6-4-15(3)5-7-16/h4-12,14H,13H2,1-3H3,(H,23,25)(H,24,26)/b11-8+. The lowest BCUT2D eigenvalue weighted by atomic mass is 10.0. The zero-order valence-corrected chi connectivity index (χ0v) is 17.2. The summed E-state index contributed by atoms with van der Waals surface area (Å²) in [6.07, 6.45) is 3.03. The summed E-state index contributed by atoms with van der Waals surface area (Å²) in [5.74, 6) is 0.0975. The average molecular weight is 431 g/mol. The second-order valence-electron chi connectivity index (χ2n) is 6.41. The van der Waals surface area contributed by atoms with Crippen molar-refractivity contribution in [3.63, 3.8) is 0 Å². The first-order chi connectivity index (χ1) is 12.8. The summed E-state index contributed by atoms with van der Waals surface area (Å²) in [6, 6.07) is 13.5. The van der Waals surface area contributed by atoms with E-state index in [-0.39, 0.29) is 6.61 Å². The maximum Gasteiger partial charge on any atom is 0.276 e. The van der Waals surface area contributed by atoms with Crippen LogP contribution in [0.3, 0.4) is 0 Å². The first kappa shape index (κ1) is 20.7. The molecular formula is C21H23BrN2O3. The van der Waals surface area contributed by atoms with Gasteiger partial charge in [0.25, 0.3) is 11.8 Å². The highest BCUT2D eigenvalue weighted by molar-refractivity contribution is 9.10. The number of amides is 2. The second-order valence-corrected chi connectivity index (χ2v) is 7.27. The summed E-state index contributed by atoms with van der Waals surface area (Å²) < 4.78 is 6.26. The van der Waals surface area contributed by atoms with Gasteiger partial charge >= 0.3 is 0 Å². The number of hydrogen-bond donors (Lipinski definition) is 2. The molecule has 0 aliphatic rings. The number of carbonyl (C=O) groups is 2. The summed E-state index contributed by atoms with van der Waals surface area (Å²) in [7, 11) is 0. The summed E-state index contributed by atoms with van der Waals surface area (Å²) in [4.78, 5) is 23.6. The van der Waals surface area contributed by atoms with E-state index >= 15 is 0 Å². The molecule has 0 aliphatic carbocycles. The van der Waals surface area contributed by atoms with Crippen LogP contribution in [-0.4, -0.2) is 18.4 Å². The van der Waals surface area contributed by atoms with E-state index in [0.29, 0.717) is 11.7 Å². The lowest BCUT2D eigenvalue weighted by Gasteiger charge is -2.11. The fraction of sp³-hybridized carbons (Fsp3) is 0.238. The van der Waals surface area contributed by atoms with Crippen LogP contribution in [0.1, 0.15) is 36.5 Å². The zero-order valence-electron chi connectivity index (χ0n) is 15.6. The largest absolute Gasteiger partial charge is 0.483 e. The number of nitrogens with one attached hydrogen (secondary N) is 2. The van der Waals surface area contributed by atoms with Gasteiger partial charge in [0.15, 0.2) is 6.61 Å². The molecule has 0 bridgehead atoms. The van der Waals surface area contributed by atoms with Gasteiger partial charge in [-0.2, -0.15) is 0 Å². The Bertz CT molecular complexity index is 830. The van der Waals surface area contributed by atoms with Gasteiger partial charge in [-0.05, 0) is 58.1 Å². The summed E-state index contributed by atoms with van der Waals surface area (Å²) in [6.45, 7) is 5.99. The molecule has 0 saturated heterocycles. The van der Waals surface area contributed by atoms with Gasteiger partial charge in [0.05, 0.1) is 4.47 Å². The number of ether oxygens (including phenoxy) is 1. The molecule has 0 atom stereocenters. The van der Waals surface area contributed by atoms with Crippen LogP contribution in [0.4, 0.5) is 0 Å². The number of aryl methyl sites for hydroxylation is 1. The molecule has 2 aromatic rings. The van der Waals surface area contributed by atoms with E-state index in [0.717, 1.165) is 15.6 Å². The van der Waals surface area contributed by atoms with Crippen LogP contribution in [0, 0.1) is 6.92 Å².